The molecule has 0 aliphatic rings. The second-order valence-electron chi connectivity index (χ2n) is 11.6. The van der Waals surface area contributed by atoms with Gasteiger partial charge in [-0.1, -0.05) is 62.7 Å². The number of hydrogen-bond donors (Lipinski definition) is 0. The van der Waals surface area contributed by atoms with Crippen molar-refractivity contribution in [2.24, 2.45) is 0 Å². The van der Waals surface area contributed by atoms with Gasteiger partial charge in [0, 0.05) is 40.5 Å². The normalized spacial score (nSPS) is 11.2. The zero-order valence-corrected chi connectivity index (χ0v) is 29.0. The van der Waals surface area contributed by atoms with Gasteiger partial charge in [-0.2, -0.15) is 16.7 Å². The number of hydrogen-bond acceptors (Lipinski definition) is 4. The van der Waals surface area contributed by atoms with Crippen LogP contribution in [0.15, 0.2) is 85.1 Å². The van der Waals surface area contributed by atoms with Crippen LogP contribution in [0.1, 0.15) is 41.9 Å². The van der Waals surface area contributed by atoms with Crippen LogP contribution in [0.2, 0.25) is 0 Å². The zero-order chi connectivity index (χ0) is 31.9. The van der Waals surface area contributed by atoms with Crippen LogP contribution in [0.25, 0.3) is 44.4 Å². The van der Waals surface area contributed by atoms with Crippen LogP contribution in [0.5, 0.6) is 17.2 Å². The minimum absolute atomic E-state index is 0. The molecule has 0 unspecified atom stereocenters. The molecule has 0 saturated heterocycles. The summed E-state index contributed by atoms with van der Waals surface area (Å²) in [5, 5.41) is 7.20. The molecule has 7 rings (SSSR count). The average Bonchev–Trinajstić information content (AvgIpc) is 3.56. The summed E-state index contributed by atoms with van der Waals surface area (Å²) < 4.78 is 16.1. The van der Waals surface area contributed by atoms with Gasteiger partial charge in [-0.05, 0) is 66.6 Å². The Labute approximate surface area is 289 Å². The van der Waals surface area contributed by atoms with Gasteiger partial charge in [0.15, 0.2) is 0 Å². The minimum Gasteiger partial charge on any atom is -0.509 e. The largest absolute Gasteiger partial charge is 2.00 e. The topological polar surface area (TPSA) is 54.1 Å². The van der Waals surface area contributed by atoms with Gasteiger partial charge in [-0.25, -0.2) is 4.98 Å². The molecule has 7 heteroatoms. The number of pyridine rings is 1. The smallest absolute Gasteiger partial charge is 0.509 e. The van der Waals surface area contributed by atoms with Gasteiger partial charge in [0.25, 0.3) is 0 Å². The zero-order valence-electron chi connectivity index (χ0n) is 27.4. The molecule has 0 fully saturated rings. The Morgan fingerprint density at radius 2 is 1.53 bits per heavy atom. The van der Waals surface area contributed by atoms with Crippen molar-refractivity contribution in [3.63, 3.8) is 0 Å². The predicted molar refractivity (Wildman–Crippen MR) is 185 cm³/mol. The van der Waals surface area contributed by atoms with Crippen LogP contribution in [0, 0.1) is 32.9 Å². The first-order valence-electron chi connectivity index (χ1n) is 15.8. The molecule has 0 N–H and O–H groups in total. The van der Waals surface area contributed by atoms with Gasteiger partial charge in [0.1, 0.15) is 11.6 Å². The molecular formula is C40H36N4O2Pd. The molecule has 4 aromatic carbocycles. The SMILES string of the molecule is CCc1cccc(CC)c1-c1c(C)nn(-c2[c-]c(Oc3[c-]c4c(cc3)c3ccccc3n4-c3cc(OC)ccn3)cc(C)c2)c1C.[Pd+2]. The van der Waals surface area contributed by atoms with Crippen LogP contribution in [0.3, 0.4) is 0 Å². The van der Waals surface area contributed by atoms with Gasteiger partial charge in [-0.15, -0.1) is 35.7 Å². The molecule has 0 saturated carbocycles. The van der Waals surface area contributed by atoms with Crippen molar-refractivity contribution in [1.29, 1.82) is 0 Å². The second kappa shape index (κ2) is 13.2. The van der Waals surface area contributed by atoms with Gasteiger partial charge in [0.05, 0.1) is 12.8 Å². The first-order chi connectivity index (χ1) is 22.4. The summed E-state index contributed by atoms with van der Waals surface area (Å²) >= 11 is 0. The minimum atomic E-state index is 0. The quantitative estimate of drug-likeness (QED) is 0.117. The van der Waals surface area contributed by atoms with E-state index in [4.69, 9.17) is 14.6 Å². The first kappa shape index (κ1) is 32.3. The number of rotatable bonds is 8. The van der Waals surface area contributed by atoms with Gasteiger partial charge in [-0.3, -0.25) is 4.68 Å². The number of benzene rings is 4. The Balaban J connectivity index is 0.00000386. The summed E-state index contributed by atoms with van der Waals surface area (Å²) in [6.07, 6.45) is 3.69. The van der Waals surface area contributed by atoms with Crippen molar-refractivity contribution in [1.82, 2.24) is 19.3 Å². The van der Waals surface area contributed by atoms with Crippen molar-refractivity contribution < 1.29 is 29.9 Å². The molecule has 0 aliphatic carbocycles. The van der Waals surface area contributed by atoms with E-state index in [9.17, 15) is 0 Å². The maximum absolute atomic E-state index is 6.49. The summed E-state index contributed by atoms with van der Waals surface area (Å²) in [5.41, 5.74) is 11.1. The third-order valence-corrected chi connectivity index (χ3v) is 8.70. The maximum atomic E-state index is 6.49. The Morgan fingerprint density at radius 3 is 2.28 bits per heavy atom. The molecule has 6 nitrogen and oxygen atoms in total. The first-order valence-corrected chi connectivity index (χ1v) is 15.8. The molecule has 7 aromatic rings. The van der Waals surface area contributed by atoms with Crippen LogP contribution in [0.4, 0.5) is 0 Å². The van der Waals surface area contributed by atoms with Crippen LogP contribution in [-0.2, 0) is 33.3 Å². The third-order valence-electron chi connectivity index (χ3n) is 8.70. The van der Waals surface area contributed by atoms with E-state index in [0.29, 0.717) is 11.5 Å². The molecule has 0 aliphatic heterocycles. The van der Waals surface area contributed by atoms with Crippen molar-refractivity contribution in [3.8, 4) is 39.9 Å². The summed E-state index contributed by atoms with van der Waals surface area (Å²) in [6.45, 7) is 10.7. The summed E-state index contributed by atoms with van der Waals surface area (Å²) in [5.74, 6) is 2.68. The van der Waals surface area contributed by atoms with Crippen LogP contribution < -0.4 is 9.47 Å². The van der Waals surface area contributed by atoms with Crippen LogP contribution in [-0.4, -0.2) is 26.4 Å². The Morgan fingerprint density at radius 1 is 0.766 bits per heavy atom. The van der Waals surface area contributed by atoms with E-state index >= 15 is 0 Å². The Hall–Kier alpha value is -4.70. The Kier molecular flexibility index (Phi) is 9.05. The number of fused-ring (bicyclic) bond motifs is 3. The molecular weight excluding hydrogens is 675 g/mol. The van der Waals surface area contributed by atoms with E-state index in [-0.39, 0.29) is 20.4 Å². The number of para-hydroxylation sites is 1. The monoisotopic (exact) mass is 710 g/mol. The van der Waals surface area contributed by atoms with E-state index in [1.54, 1.807) is 13.3 Å². The van der Waals surface area contributed by atoms with E-state index in [2.05, 4.69) is 98.8 Å². The third kappa shape index (κ3) is 5.75. The number of ether oxygens (including phenoxy) is 2. The van der Waals surface area contributed by atoms with Gasteiger partial charge < -0.3 is 14.0 Å². The molecule has 238 valence electrons. The Bertz CT molecular complexity index is 2230. The van der Waals surface area contributed by atoms with E-state index in [1.165, 1.54) is 22.3 Å². The number of aromatic nitrogens is 4. The molecule has 0 spiro atoms. The standard InChI is InChI=1S/C40H36N4O2.Pd/c1-7-28-12-11-13-29(8-2)40(28)39-26(4)42-44(27(39)5)30-20-25(3)21-33(22-30)46-32-16-17-35-34-14-9-10-15-36(34)43(37(35)23-32)38-24-31(45-6)18-19-41-38;/h9-21,24H,7-8H2,1-6H3;/q-2;+2. The molecule has 0 radical (unpaired) electrons. The van der Waals surface area contributed by atoms with Crippen molar-refractivity contribution >= 4 is 21.8 Å². The fraction of sp³-hybridized carbons (Fsp3) is 0.200. The second-order valence-corrected chi connectivity index (χ2v) is 11.6. The molecule has 0 amide bonds. The molecule has 0 bridgehead atoms. The molecule has 3 aromatic heterocycles. The van der Waals surface area contributed by atoms with Crippen molar-refractivity contribution in [3.05, 3.63) is 125 Å². The molecule has 47 heavy (non-hydrogen) atoms. The molecule has 3 heterocycles. The van der Waals surface area contributed by atoms with E-state index in [0.717, 1.165) is 68.9 Å². The molecule has 0 atom stereocenters. The number of nitrogens with zero attached hydrogens (tertiary/aromatic N) is 4. The van der Waals surface area contributed by atoms with Crippen LogP contribution >= 0.6 is 0 Å². The van der Waals surface area contributed by atoms with E-state index < -0.39 is 0 Å². The predicted octanol–water partition coefficient (Wildman–Crippen LogP) is 9.48. The summed E-state index contributed by atoms with van der Waals surface area (Å²) in [7, 11) is 1.66. The van der Waals surface area contributed by atoms with Crippen molar-refractivity contribution in [2.45, 2.75) is 47.5 Å². The fourth-order valence-electron chi connectivity index (χ4n) is 6.57. The summed E-state index contributed by atoms with van der Waals surface area (Å²) in [6, 6.07) is 33.9. The summed E-state index contributed by atoms with van der Waals surface area (Å²) in [4.78, 5) is 4.67. The van der Waals surface area contributed by atoms with Gasteiger partial charge in [0.2, 0.25) is 0 Å². The van der Waals surface area contributed by atoms with Crippen molar-refractivity contribution in [2.75, 3.05) is 7.11 Å². The van der Waals surface area contributed by atoms with E-state index in [1.807, 2.05) is 41.1 Å². The number of aryl methyl sites for hydroxylation is 4. The number of methoxy groups -OCH3 is 1. The fourth-order valence-corrected chi connectivity index (χ4v) is 6.57. The maximum Gasteiger partial charge on any atom is 2.00 e. The van der Waals surface area contributed by atoms with Gasteiger partial charge >= 0.3 is 20.4 Å². The average molecular weight is 711 g/mol.